The van der Waals surface area contributed by atoms with Crippen molar-refractivity contribution in [2.24, 2.45) is 0 Å². The summed E-state index contributed by atoms with van der Waals surface area (Å²) < 4.78 is 21.3. The molecule has 0 saturated carbocycles. The summed E-state index contributed by atoms with van der Waals surface area (Å²) in [5, 5.41) is 9.84. The zero-order valence-corrected chi connectivity index (χ0v) is 17.2. The number of rotatable bonds is 7. The number of carbonyl (C=O) groups is 1. The number of furan rings is 1. The van der Waals surface area contributed by atoms with Gasteiger partial charge >= 0.3 is 5.97 Å². The molecule has 10 heteroatoms. The summed E-state index contributed by atoms with van der Waals surface area (Å²) in [6.07, 6.45) is 1.76. The summed E-state index contributed by atoms with van der Waals surface area (Å²) >= 11 is 1.24. The summed E-state index contributed by atoms with van der Waals surface area (Å²) in [6.45, 7) is -0.0369. The van der Waals surface area contributed by atoms with E-state index in [0.29, 0.717) is 22.2 Å². The number of hydrogen-bond acceptors (Lipinski definition) is 9. The minimum atomic E-state index is -0.602. The number of esters is 1. The molecule has 0 saturated heterocycles. The Balaban J connectivity index is 2.04. The second-order valence-corrected chi connectivity index (χ2v) is 6.59. The molecular formula is C20H17N3O6S. The van der Waals surface area contributed by atoms with E-state index in [1.165, 1.54) is 32.0 Å². The van der Waals surface area contributed by atoms with Crippen LogP contribution in [0.5, 0.6) is 11.5 Å². The number of methoxy groups -OCH3 is 2. The van der Waals surface area contributed by atoms with E-state index in [1.54, 1.807) is 30.5 Å². The first-order valence-corrected chi connectivity index (χ1v) is 9.80. The molecule has 3 rings (SSSR count). The zero-order valence-electron chi connectivity index (χ0n) is 16.3. The van der Waals surface area contributed by atoms with E-state index < -0.39 is 11.5 Å². The molecule has 0 aliphatic rings. The molecular weight excluding hydrogens is 410 g/mol. The maximum absolute atomic E-state index is 12.3. The van der Waals surface area contributed by atoms with Gasteiger partial charge in [0.1, 0.15) is 29.7 Å². The number of carbonyl (C=O) groups excluding carboxylic acids is 1. The Morgan fingerprint density at radius 2 is 2.10 bits per heavy atom. The van der Waals surface area contributed by atoms with Gasteiger partial charge < -0.3 is 23.6 Å². The molecule has 154 valence electrons. The fourth-order valence-corrected chi connectivity index (χ4v) is 3.05. The van der Waals surface area contributed by atoms with Crippen LogP contribution in [0.4, 0.5) is 0 Å². The van der Waals surface area contributed by atoms with Gasteiger partial charge in [0.25, 0.3) is 5.56 Å². The molecule has 2 aromatic heterocycles. The zero-order chi connectivity index (χ0) is 21.7. The van der Waals surface area contributed by atoms with E-state index >= 15 is 0 Å². The van der Waals surface area contributed by atoms with E-state index in [4.69, 9.17) is 13.9 Å². The lowest BCUT2D eigenvalue weighted by atomic mass is 10.1. The third-order valence-corrected chi connectivity index (χ3v) is 4.64. The number of nitrogens with one attached hydrogen (secondary N) is 1. The number of nitriles is 1. The van der Waals surface area contributed by atoms with Crippen LogP contribution in [0, 0.1) is 11.3 Å². The fraction of sp³-hybridized carbons (Fsp3) is 0.200. The summed E-state index contributed by atoms with van der Waals surface area (Å²) in [7, 11) is 2.73. The van der Waals surface area contributed by atoms with Gasteiger partial charge in [0.05, 0.1) is 14.2 Å². The monoisotopic (exact) mass is 427 g/mol. The molecule has 30 heavy (non-hydrogen) atoms. The Morgan fingerprint density at radius 3 is 2.77 bits per heavy atom. The highest BCUT2D eigenvalue weighted by molar-refractivity contribution is 7.98. The second kappa shape index (κ2) is 9.19. The molecule has 0 bridgehead atoms. The van der Waals surface area contributed by atoms with Crippen molar-refractivity contribution in [3.8, 4) is 28.8 Å². The summed E-state index contributed by atoms with van der Waals surface area (Å²) in [4.78, 5) is 30.8. The van der Waals surface area contributed by atoms with Crippen LogP contribution >= 0.6 is 11.8 Å². The van der Waals surface area contributed by atoms with E-state index in [0.717, 1.165) is 0 Å². The second-order valence-electron chi connectivity index (χ2n) is 5.79. The normalized spacial score (nSPS) is 10.3. The average molecular weight is 427 g/mol. The van der Waals surface area contributed by atoms with Gasteiger partial charge in [0.15, 0.2) is 16.7 Å². The van der Waals surface area contributed by atoms with Gasteiger partial charge in [-0.15, -0.1) is 0 Å². The molecule has 0 unspecified atom stereocenters. The van der Waals surface area contributed by atoms with E-state index in [9.17, 15) is 14.9 Å². The van der Waals surface area contributed by atoms with Crippen molar-refractivity contribution in [2.75, 3.05) is 20.5 Å². The van der Waals surface area contributed by atoms with Crippen molar-refractivity contribution in [2.45, 2.75) is 11.8 Å². The van der Waals surface area contributed by atoms with E-state index in [1.807, 2.05) is 6.07 Å². The van der Waals surface area contributed by atoms with Gasteiger partial charge in [-0.25, -0.2) is 9.78 Å². The summed E-state index contributed by atoms with van der Waals surface area (Å²) in [5.74, 6) is 0.470. The molecule has 3 aromatic rings. The van der Waals surface area contributed by atoms with Crippen LogP contribution < -0.4 is 15.0 Å². The predicted octanol–water partition coefficient (Wildman–Crippen LogP) is 3.00. The number of benzene rings is 1. The van der Waals surface area contributed by atoms with E-state index in [2.05, 4.69) is 14.7 Å². The topological polar surface area (TPSA) is 127 Å². The van der Waals surface area contributed by atoms with Crippen LogP contribution in [-0.4, -0.2) is 36.4 Å². The molecule has 9 nitrogen and oxygen atoms in total. The maximum atomic E-state index is 12.3. The molecule has 0 spiro atoms. The quantitative estimate of drug-likeness (QED) is 0.344. The lowest BCUT2D eigenvalue weighted by Crippen LogP contribution is -2.15. The third-order valence-electron chi connectivity index (χ3n) is 4.06. The van der Waals surface area contributed by atoms with Crippen LogP contribution in [-0.2, 0) is 11.3 Å². The number of para-hydroxylation sites is 1. The largest absolute Gasteiger partial charge is 0.493 e. The standard InChI is InChI=1S/C20H17N3O6S/c1-26-14-6-4-5-12(16-13(9-21)18(24)23-20(22-16)30-3)17(14)28-10-11-7-8-15(29-11)19(25)27-2/h4-8H,10H2,1-3H3,(H,22,23,24). The molecule has 1 aromatic carbocycles. The molecule has 0 radical (unpaired) electrons. The SMILES string of the molecule is COC(=O)c1ccc(COc2c(OC)cccc2-c2nc(SC)[nH]c(=O)c2C#N)o1. The van der Waals surface area contributed by atoms with Gasteiger partial charge in [0.2, 0.25) is 5.76 Å². The Morgan fingerprint density at radius 1 is 1.30 bits per heavy atom. The average Bonchev–Trinajstić information content (AvgIpc) is 3.25. The van der Waals surface area contributed by atoms with Crippen molar-refractivity contribution in [3.05, 3.63) is 57.8 Å². The molecule has 0 fully saturated rings. The van der Waals surface area contributed by atoms with Crippen LogP contribution in [0.15, 0.2) is 44.7 Å². The van der Waals surface area contributed by atoms with Crippen molar-refractivity contribution in [1.29, 1.82) is 5.26 Å². The fourth-order valence-electron chi connectivity index (χ4n) is 2.67. The van der Waals surface area contributed by atoms with Crippen molar-refractivity contribution in [3.63, 3.8) is 0 Å². The molecule has 1 N–H and O–H groups in total. The number of aromatic nitrogens is 2. The highest BCUT2D eigenvalue weighted by Crippen LogP contribution is 2.38. The molecule has 0 aliphatic carbocycles. The first-order valence-electron chi connectivity index (χ1n) is 8.58. The lowest BCUT2D eigenvalue weighted by Gasteiger charge is -2.15. The number of hydrogen-bond donors (Lipinski definition) is 1. The predicted molar refractivity (Wildman–Crippen MR) is 108 cm³/mol. The van der Waals surface area contributed by atoms with Crippen molar-refractivity contribution >= 4 is 17.7 Å². The third kappa shape index (κ3) is 4.16. The van der Waals surface area contributed by atoms with Gasteiger partial charge in [-0.3, -0.25) is 4.79 Å². The summed E-state index contributed by atoms with van der Waals surface area (Å²) in [6, 6.07) is 10.0. The van der Waals surface area contributed by atoms with E-state index in [-0.39, 0.29) is 29.4 Å². The number of nitrogens with zero attached hydrogens (tertiary/aromatic N) is 2. The van der Waals surface area contributed by atoms with Crippen LogP contribution in [0.3, 0.4) is 0 Å². The smallest absolute Gasteiger partial charge is 0.373 e. The number of thioether (sulfide) groups is 1. The lowest BCUT2D eigenvalue weighted by molar-refractivity contribution is 0.0561. The van der Waals surface area contributed by atoms with Gasteiger partial charge in [-0.1, -0.05) is 17.8 Å². The first kappa shape index (κ1) is 21.0. The van der Waals surface area contributed by atoms with Crippen molar-refractivity contribution < 1.29 is 23.4 Å². The highest BCUT2D eigenvalue weighted by atomic mass is 32.2. The van der Waals surface area contributed by atoms with Crippen LogP contribution in [0.25, 0.3) is 11.3 Å². The molecule has 0 atom stereocenters. The number of ether oxygens (including phenoxy) is 3. The maximum Gasteiger partial charge on any atom is 0.373 e. The molecule has 0 aliphatic heterocycles. The molecule has 0 amide bonds. The number of aromatic amines is 1. The Hall–Kier alpha value is -3.71. The summed E-state index contributed by atoms with van der Waals surface area (Å²) in [5.41, 5.74) is -0.104. The highest BCUT2D eigenvalue weighted by Gasteiger charge is 2.21. The first-order chi connectivity index (χ1) is 14.5. The van der Waals surface area contributed by atoms with Crippen molar-refractivity contribution in [1.82, 2.24) is 9.97 Å². The Bertz CT molecular complexity index is 1180. The minimum Gasteiger partial charge on any atom is -0.493 e. The van der Waals surface area contributed by atoms with Crippen LogP contribution in [0.2, 0.25) is 0 Å². The van der Waals surface area contributed by atoms with Gasteiger partial charge in [-0.2, -0.15) is 5.26 Å². The van der Waals surface area contributed by atoms with Gasteiger partial charge in [-0.05, 0) is 30.5 Å². The Kier molecular flexibility index (Phi) is 6.44. The van der Waals surface area contributed by atoms with Crippen LogP contribution in [0.1, 0.15) is 21.9 Å². The number of H-pyrrole nitrogens is 1. The van der Waals surface area contributed by atoms with Gasteiger partial charge in [0, 0.05) is 5.56 Å². The Labute approximate surface area is 175 Å². The minimum absolute atomic E-state index is 0.0369. The molecule has 2 heterocycles.